The Kier molecular flexibility index (Phi) is 13.7. The molecule has 192 valence electrons. The van der Waals surface area contributed by atoms with Gasteiger partial charge < -0.3 is 4.40 Å². The molecule has 36 heavy (non-hydrogen) atoms. The summed E-state index contributed by atoms with van der Waals surface area (Å²) >= 11 is 0. The number of hydrogen-bond donors (Lipinski definition) is 0. The van der Waals surface area contributed by atoms with Gasteiger partial charge in [0.2, 0.25) is 0 Å². The van der Waals surface area contributed by atoms with Gasteiger partial charge in [-0.05, 0) is 39.0 Å². The lowest BCUT2D eigenvalue weighted by molar-refractivity contribution is 0.939. The summed E-state index contributed by atoms with van der Waals surface area (Å²) < 4.78 is 5.70. The molecular weight excluding hydrogens is 450 g/mol. The van der Waals surface area contributed by atoms with E-state index in [2.05, 4.69) is 30.2 Å². The van der Waals surface area contributed by atoms with E-state index in [-0.39, 0.29) is 0 Å². The summed E-state index contributed by atoms with van der Waals surface area (Å²) in [6.07, 6.45) is 14.7. The molecule has 0 spiro atoms. The Labute approximate surface area is 213 Å². The van der Waals surface area contributed by atoms with Crippen molar-refractivity contribution in [1.82, 2.24) is 43.6 Å². The predicted molar refractivity (Wildman–Crippen MR) is 147 cm³/mol. The Morgan fingerprint density at radius 2 is 1.39 bits per heavy atom. The molecule has 6 aromatic rings. The van der Waals surface area contributed by atoms with Crippen LogP contribution in [0.4, 0.5) is 0 Å². The van der Waals surface area contributed by atoms with E-state index in [9.17, 15) is 0 Å². The van der Waals surface area contributed by atoms with Crippen molar-refractivity contribution in [2.45, 2.75) is 62.3 Å². The standard InChI is InChI=1S/3C7H7N3.3C2H6/c1-6-9-5-7-4-8-2-3-10(6)7;1-6-5-9-10-4-2-3-8-7(6)10;1-6-8-9-7-4-2-3-5-10(6)7;3*1-2/h3*2-5H,1H3;3*1-2H3. The van der Waals surface area contributed by atoms with Gasteiger partial charge in [0.05, 0.1) is 24.1 Å². The maximum Gasteiger partial charge on any atom is 0.160 e. The first-order valence-electron chi connectivity index (χ1n) is 12.4. The molecule has 0 saturated carbocycles. The van der Waals surface area contributed by atoms with Crippen LogP contribution in [-0.4, -0.2) is 43.6 Å². The van der Waals surface area contributed by atoms with E-state index in [1.165, 1.54) is 0 Å². The van der Waals surface area contributed by atoms with Gasteiger partial charge >= 0.3 is 0 Å². The summed E-state index contributed by atoms with van der Waals surface area (Å²) in [7, 11) is 0. The zero-order chi connectivity index (χ0) is 26.9. The van der Waals surface area contributed by atoms with Crippen LogP contribution in [0.25, 0.3) is 16.8 Å². The van der Waals surface area contributed by atoms with Crippen molar-refractivity contribution in [3.8, 4) is 0 Å². The fourth-order valence-electron chi connectivity index (χ4n) is 2.89. The first kappa shape index (κ1) is 29.9. The minimum atomic E-state index is 0.903. The summed E-state index contributed by atoms with van der Waals surface area (Å²) in [6.45, 7) is 17.9. The van der Waals surface area contributed by atoms with Crippen molar-refractivity contribution in [2.24, 2.45) is 0 Å². The highest BCUT2D eigenvalue weighted by Crippen LogP contribution is 2.03. The summed E-state index contributed by atoms with van der Waals surface area (Å²) in [4.78, 5) is 12.2. The lowest BCUT2D eigenvalue weighted by Gasteiger charge is -1.91. The van der Waals surface area contributed by atoms with E-state index in [4.69, 9.17) is 0 Å². The Morgan fingerprint density at radius 1 is 0.639 bits per heavy atom. The number of imidazole rings is 1. The molecule has 0 atom stereocenters. The third-order valence-corrected chi connectivity index (χ3v) is 4.46. The second kappa shape index (κ2) is 16.5. The average molecular weight is 490 g/mol. The molecule has 0 amide bonds. The molecule has 0 radical (unpaired) electrons. The Bertz CT molecular complexity index is 1230. The van der Waals surface area contributed by atoms with E-state index >= 15 is 0 Å². The van der Waals surface area contributed by atoms with Crippen LogP contribution in [-0.2, 0) is 0 Å². The van der Waals surface area contributed by atoms with Gasteiger partial charge in [0.15, 0.2) is 11.3 Å². The molecule has 6 heterocycles. The van der Waals surface area contributed by atoms with Crippen molar-refractivity contribution < 1.29 is 0 Å². The van der Waals surface area contributed by atoms with Gasteiger partial charge in [-0.3, -0.25) is 9.38 Å². The number of aromatic nitrogens is 9. The Hall–Kier alpha value is -4.14. The van der Waals surface area contributed by atoms with Crippen molar-refractivity contribution in [1.29, 1.82) is 0 Å². The molecule has 6 rings (SSSR count). The molecule has 0 aliphatic rings. The highest BCUT2D eigenvalue weighted by molar-refractivity contribution is 5.44. The fourth-order valence-corrected chi connectivity index (χ4v) is 2.89. The highest BCUT2D eigenvalue weighted by atomic mass is 15.2. The van der Waals surface area contributed by atoms with Crippen LogP contribution in [0.3, 0.4) is 0 Å². The van der Waals surface area contributed by atoms with Crippen LogP contribution in [0.1, 0.15) is 58.8 Å². The van der Waals surface area contributed by atoms with Gasteiger partial charge in [0.1, 0.15) is 11.6 Å². The van der Waals surface area contributed by atoms with Crippen molar-refractivity contribution >= 4 is 16.8 Å². The van der Waals surface area contributed by atoms with Crippen molar-refractivity contribution in [3.05, 3.63) is 91.1 Å². The quantitative estimate of drug-likeness (QED) is 0.253. The first-order chi connectivity index (χ1) is 17.6. The molecular formula is C27H39N9. The smallest absolute Gasteiger partial charge is 0.160 e. The maximum atomic E-state index is 4.14. The molecule has 9 nitrogen and oxygen atoms in total. The lowest BCUT2D eigenvalue weighted by atomic mass is 10.4. The number of fused-ring (bicyclic) bond motifs is 3. The number of hydrogen-bond acceptors (Lipinski definition) is 6. The van der Waals surface area contributed by atoms with Gasteiger partial charge in [0, 0.05) is 36.5 Å². The van der Waals surface area contributed by atoms with Crippen LogP contribution in [0.15, 0.2) is 73.8 Å². The lowest BCUT2D eigenvalue weighted by Crippen LogP contribution is -1.86. The monoisotopic (exact) mass is 489 g/mol. The second-order valence-corrected chi connectivity index (χ2v) is 6.57. The molecule has 0 fully saturated rings. The molecule has 0 aliphatic heterocycles. The zero-order valence-corrected chi connectivity index (χ0v) is 23.0. The number of rotatable bonds is 0. The van der Waals surface area contributed by atoms with Gasteiger partial charge in [0.25, 0.3) is 0 Å². The first-order valence-corrected chi connectivity index (χ1v) is 12.4. The number of pyridine rings is 1. The number of nitrogens with zero attached hydrogens (tertiary/aromatic N) is 9. The number of aryl methyl sites for hydroxylation is 3. The van der Waals surface area contributed by atoms with Gasteiger partial charge in [-0.2, -0.15) is 5.10 Å². The third-order valence-electron chi connectivity index (χ3n) is 4.46. The summed E-state index contributed by atoms with van der Waals surface area (Å²) in [6, 6.07) is 7.70. The summed E-state index contributed by atoms with van der Waals surface area (Å²) in [5.74, 6) is 1.92. The van der Waals surface area contributed by atoms with Crippen LogP contribution in [0.2, 0.25) is 0 Å². The topological polar surface area (TPSA) is 90.6 Å². The molecule has 0 aromatic carbocycles. The molecule has 6 aromatic heterocycles. The van der Waals surface area contributed by atoms with Crippen LogP contribution in [0, 0.1) is 20.8 Å². The largest absolute Gasteiger partial charge is 0.301 e. The molecule has 0 unspecified atom stereocenters. The minimum Gasteiger partial charge on any atom is -0.301 e. The molecule has 0 aliphatic carbocycles. The van der Waals surface area contributed by atoms with Gasteiger partial charge in [-0.1, -0.05) is 47.6 Å². The zero-order valence-electron chi connectivity index (χ0n) is 23.0. The summed E-state index contributed by atoms with van der Waals surface area (Å²) in [5, 5.41) is 11.9. The normalized spacial score (nSPS) is 9.25. The molecule has 9 heteroatoms. The second-order valence-electron chi connectivity index (χ2n) is 6.57. The molecule has 0 saturated heterocycles. The van der Waals surface area contributed by atoms with Crippen LogP contribution < -0.4 is 0 Å². The van der Waals surface area contributed by atoms with E-state index in [1.807, 2.05) is 126 Å². The van der Waals surface area contributed by atoms with Crippen LogP contribution >= 0.6 is 0 Å². The van der Waals surface area contributed by atoms with Crippen molar-refractivity contribution in [3.63, 3.8) is 0 Å². The Morgan fingerprint density at radius 3 is 2.06 bits per heavy atom. The SMILES string of the molecule is CC.CC.CC.Cc1cnn2cccnc12.Cc1ncc2cnccn12.Cc1nnc2ccccn12. The van der Waals surface area contributed by atoms with E-state index in [1.54, 1.807) is 23.1 Å². The fraction of sp³-hybridized carbons (Fsp3) is 0.333. The Balaban J connectivity index is 0.000000244. The molecule has 0 N–H and O–H groups in total. The van der Waals surface area contributed by atoms with Crippen LogP contribution in [0.5, 0.6) is 0 Å². The van der Waals surface area contributed by atoms with Crippen molar-refractivity contribution in [2.75, 3.05) is 0 Å². The minimum absolute atomic E-state index is 0.903. The summed E-state index contributed by atoms with van der Waals surface area (Å²) in [5.41, 5.74) is 3.99. The highest BCUT2D eigenvalue weighted by Gasteiger charge is 1.97. The molecule has 0 bridgehead atoms. The maximum absolute atomic E-state index is 4.14. The van der Waals surface area contributed by atoms with E-state index in [0.29, 0.717) is 0 Å². The third kappa shape index (κ3) is 7.97. The van der Waals surface area contributed by atoms with Gasteiger partial charge in [-0.15, -0.1) is 10.2 Å². The predicted octanol–water partition coefficient (Wildman–Crippen LogP) is 6.19. The van der Waals surface area contributed by atoms with E-state index in [0.717, 1.165) is 34.0 Å². The van der Waals surface area contributed by atoms with Gasteiger partial charge in [-0.25, -0.2) is 14.5 Å². The average Bonchev–Trinajstić information content (AvgIpc) is 3.66. The van der Waals surface area contributed by atoms with E-state index < -0.39 is 0 Å².